The molecule has 0 aliphatic heterocycles. The monoisotopic (exact) mass is 674 g/mol. The topological polar surface area (TPSA) is 225 Å². The molecule has 1 atom stereocenters. The van der Waals surface area contributed by atoms with Gasteiger partial charge in [0.1, 0.15) is 27.0 Å². The van der Waals surface area contributed by atoms with Gasteiger partial charge in [0.2, 0.25) is 16.3 Å². The Balaban J connectivity index is 1.39. The number of aliphatic hydroxyl groups is 2. The molecule has 2 heterocycles. The largest absolute Gasteiger partial charge is 0.510 e. The van der Waals surface area contributed by atoms with E-state index in [0.29, 0.717) is 10.6 Å². The van der Waals surface area contributed by atoms with Crippen LogP contribution < -0.4 is 47.9 Å². The zero-order valence-corrected chi connectivity index (χ0v) is 25.7. The smallest absolute Gasteiger partial charge is 0.292 e. The number of hydrogen-bond donors (Lipinski definition) is 5. The molecule has 1 spiro atoms. The third-order valence-electron chi connectivity index (χ3n) is 8.55. The van der Waals surface area contributed by atoms with Crippen LogP contribution in [0.1, 0.15) is 38.7 Å². The molecule has 0 fully saturated rings. The number of amides is 1. The van der Waals surface area contributed by atoms with Crippen molar-refractivity contribution in [3.63, 3.8) is 0 Å². The average Bonchev–Trinajstić information content (AvgIpc) is 3.64. The van der Waals surface area contributed by atoms with Crippen LogP contribution in [-0.2, 0) is 11.8 Å². The van der Waals surface area contributed by atoms with Gasteiger partial charge >= 0.3 is 0 Å². The van der Waals surface area contributed by atoms with E-state index in [1.165, 1.54) is 12.1 Å². The van der Waals surface area contributed by atoms with Gasteiger partial charge in [0, 0.05) is 11.6 Å². The molecule has 47 heavy (non-hydrogen) atoms. The number of nitrogens with zero attached hydrogens (tertiary/aromatic N) is 2. The molecule has 236 valence electrons. The number of nitrogens with one attached hydrogen (secondary N) is 2. The normalized spacial score (nSPS) is 16.9. The Morgan fingerprint density at radius 2 is 1.72 bits per heavy atom. The number of aromatic hydroxyl groups is 1. The number of benzene rings is 1. The SMILES string of the molecule is COc1cc(=O)c2c(=O)c3c(c(=O)c=2c1=O)=C(O)[C@]1(CCc2cc4cc(C=NNC(=O)c5nc(C)sc5Cl)[nH]c(=O)c4c(O)c21)C=3O. The Kier molecular flexibility index (Phi) is 6.49. The molecule has 1 aromatic carbocycles. The zero-order valence-electron chi connectivity index (χ0n) is 24.1. The fourth-order valence-corrected chi connectivity index (χ4v) is 7.69. The van der Waals surface area contributed by atoms with Crippen LogP contribution in [0.4, 0.5) is 0 Å². The second kappa shape index (κ2) is 10.2. The number of ether oxygens (including phenoxy) is 1. The lowest BCUT2D eigenvalue weighted by Gasteiger charge is -2.27. The van der Waals surface area contributed by atoms with Crippen molar-refractivity contribution < 1.29 is 24.9 Å². The second-order valence-electron chi connectivity index (χ2n) is 11.0. The summed E-state index contributed by atoms with van der Waals surface area (Å²) in [6.07, 6.45) is 1.13. The lowest BCUT2D eigenvalue weighted by molar-refractivity contribution is 0.0951. The molecule has 5 N–H and O–H groups in total. The lowest BCUT2D eigenvalue weighted by Crippen LogP contribution is -2.51. The third-order valence-corrected chi connectivity index (χ3v) is 9.72. The number of rotatable bonds is 4. The molecule has 14 nitrogen and oxygen atoms in total. The number of phenolic OH excluding ortho intramolecular Hbond substituents is 1. The zero-order chi connectivity index (χ0) is 33.7. The first-order valence-electron chi connectivity index (χ1n) is 13.8. The van der Waals surface area contributed by atoms with E-state index in [9.17, 15) is 44.1 Å². The van der Waals surface area contributed by atoms with Gasteiger partial charge in [-0.2, -0.15) is 5.10 Å². The van der Waals surface area contributed by atoms with Crippen LogP contribution in [0.25, 0.3) is 22.3 Å². The minimum absolute atomic E-state index is 0.00937. The predicted molar refractivity (Wildman–Crippen MR) is 170 cm³/mol. The minimum Gasteiger partial charge on any atom is -0.510 e. The average molecular weight is 675 g/mol. The summed E-state index contributed by atoms with van der Waals surface area (Å²) in [4.78, 5) is 85.1. The fraction of sp³-hybridized carbons (Fsp3) is 0.161. The van der Waals surface area contributed by atoms with Crippen LogP contribution in [0, 0.1) is 17.4 Å². The number of fused-ring (bicyclic) bond motifs is 4. The van der Waals surface area contributed by atoms with Gasteiger partial charge in [-0.25, -0.2) is 10.4 Å². The number of halogens is 1. The van der Waals surface area contributed by atoms with Crippen LogP contribution >= 0.6 is 22.9 Å². The van der Waals surface area contributed by atoms with Crippen LogP contribution in [0.15, 0.2) is 47.3 Å². The number of aromatic amines is 1. The number of carbonyl (C=O) groups is 1. The molecule has 0 radical (unpaired) electrons. The molecule has 0 bridgehead atoms. The van der Waals surface area contributed by atoms with E-state index in [1.807, 2.05) is 0 Å². The molecule has 0 unspecified atom stereocenters. The molecule has 2 aromatic heterocycles. The number of hydrazone groups is 1. The van der Waals surface area contributed by atoms with Gasteiger partial charge in [0.05, 0.1) is 50.3 Å². The van der Waals surface area contributed by atoms with Crippen LogP contribution in [-0.4, -0.2) is 44.5 Å². The Morgan fingerprint density at radius 1 is 1.04 bits per heavy atom. The van der Waals surface area contributed by atoms with Gasteiger partial charge in [-0.3, -0.25) is 28.8 Å². The summed E-state index contributed by atoms with van der Waals surface area (Å²) in [5, 5.41) is 36.2. The van der Waals surface area contributed by atoms with Crippen molar-refractivity contribution >= 4 is 57.4 Å². The number of aryl methyl sites for hydroxylation is 2. The van der Waals surface area contributed by atoms with E-state index < -0.39 is 82.5 Å². The molecular weight excluding hydrogens is 656 g/mol. The highest BCUT2D eigenvalue weighted by Gasteiger charge is 2.53. The van der Waals surface area contributed by atoms with Crippen molar-refractivity contribution in [3.8, 4) is 11.5 Å². The molecule has 4 aliphatic rings. The van der Waals surface area contributed by atoms with Crippen LogP contribution in [0.2, 0.25) is 4.34 Å². The summed E-state index contributed by atoms with van der Waals surface area (Å²) < 4.78 is 5.08. The summed E-state index contributed by atoms with van der Waals surface area (Å²) >= 11 is 7.14. The summed E-state index contributed by atoms with van der Waals surface area (Å²) in [6, 6.07) is 3.77. The summed E-state index contributed by atoms with van der Waals surface area (Å²) in [5.74, 6) is -3.37. The highest BCUT2D eigenvalue weighted by atomic mass is 35.5. The Hall–Kier alpha value is -5.67. The van der Waals surface area contributed by atoms with Crippen molar-refractivity contribution in [2.75, 3.05) is 7.11 Å². The number of thiazole rings is 1. The van der Waals surface area contributed by atoms with Gasteiger partial charge in [0.25, 0.3) is 11.5 Å². The first kappa shape index (κ1) is 30.0. The number of phenols is 1. The maximum Gasteiger partial charge on any atom is 0.292 e. The van der Waals surface area contributed by atoms with Crippen LogP contribution in [0.5, 0.6) is 11.5 Å². The third kappa shape index (κ3) is 3.96. The van der Waals surface area contributed by atoms with Gasteiger partial charge in [-0.1, -0.05) is 17.7 Å². The standard InChI is InChI=1S/C31H19ClN4O10S/c1-9-34-21(28(32)47-9)30(45)36-33-8-12-6-11-5-10-3-4-31(20(10)25(41)15(11)29(44)35-12)26(42)18-19(27(31)43)24(40)17-16(23(18)39)13(37)7-14(46-2)22(17)38/h5-8,41-43H,3-4H2,1-2H3,(H,35,44)(H,36,45)/t31-/m0/s1. The van der Waals surface area contributed by atoms with E-state index in [0.717, 1.165) is 30.7 Å². The van der Waals surface area contributed by atoms with E-state index in [4.69, 9.17) is 16.3 Å². The van der Waals surface area contributed by atoms with Gasteiger partial charge in [0.15, 0.2) is 16.9 Å². The Labute approximate surface area is 268 Å². The van der Waals surface area contributed by atoms with Gasteiger partial charge in [-0.05, 0) is 36.8 Å². The molecule has 16 heteroatoms. The first-order chi connectivity index (χ1) is 22.3. The number of aromatic nitrogens is 2. The maximum absolute atomic E-state index is 13.6. The van der Waals surface area contributed by atoms with E-state index >= 15 is 0 Å². The molecule has 0 saturated heterocycles. The summed E-state index contributed by atoms with van der Waals surface area (Å²) in [5.41, 5.74) is -4.49. The van der Waals surface area contributed by atoms with E-state index in [1.54, 1.807) is 6.92 Å². The number of carbonyl (C=O) groups excluding carboxylic acids is 1. The number of aliphatic hydroxyl groups excluding tert-OH is 2. The molecular formula is C31H19ClN4O10S. The number of H-pyrrole nitrogens is 1. The second-order valence-corrected chi connectivity index (χ2v) is 12.8. The van der Waals surface area contributed by atoms with Crippen LogP contribution in [0.3, 0.4) is 0 Å². The number of pyridine rings is 1. The van der Waals surface area contributed by atoms with E-state index in [-0.39, 0.29) is 44.9 Å². The van der Waals surface area contributed by atoms with Crippen molar-refractivity contribution in [1.82, 2.24) is 15.4 Å². The van der Waals surface area contributed by atoms with Crippen molar-refractivity contribution in [3.05, 3.63) is 122 Å². The highest BCUT2D eigenvalue weighted by molar-refractivity contribution is 7.16. The van der Waals surface area contributed by atoms with Gasteiger partial charge in [-0.15, -0.1) is 11.3 Å². The van der Waals surface area contributed by atoms with E-state index in [2.05, 4.69) is 20.5 Å². The highest BCUT2D eigenvalue weighted by Crippen LogP contribution is 2.54. The summed E-state index contributed by atoms with van der Waals surface area (Å²) in [6.45, 7) is 1.68. The molecule has 7 rings (SSSR count). The molecule has 4 aliphatic carbocycles. The molecule has 1 amide bonds. The first-order valence-corrected chi connectivity index (χ1v) is 15.0. The number of methoxy groups -OCH3 is 1. The lowest BCUT2D eigenvalue weighted by atomic mass is 9.78. The minimum atomic E-state index is -2.02. The Bertz CT molecular complexity index is 2800. The molecule has 0 saturated carbocycles. The van der Waals surface area contributed by atoms with Crippen molar-refractivity contribution in [2.45, 2.75) is 25.2 Å². The maximum atomic E-state index is 13.6. The van der Waals surface area contributed by atoms with Crippen molar-refractivity contribution in [1.29, 1.82) is 0 Å². The van der Waals surface area contributed by atoms with Crippen molar-refractivity contribution in [2.24, 2.45) is 5.10 Å². The quantitative estimate of drug-likeness (QED) is 0.123. The molecule has 3 aromatic rings. The van der Waals surface area contributed by atoms with Gasteiger partial charge < -0.3 is 25.0 Å². The fourth-order valence-electron chi connectivity index (χ4n) is 6.59. The predicted octanol–water partition coefficient (Wildman–Crippen LogP) is -0.304. The summed E-state index contributed by atoms with van der Waals surface area (Å²) in [7, 11) is 1.11. The Morgan fingerprint density at radius 3 is 2.36 bits per heavy atom. The number of hydrogen-bond acceptors (Lipinski definition) is 13.